The van der Waals surface area contributed by atoms with Gasteiger partial charge in [0.1, 0.15) is 0 Å². The summed E-state index contributed by atoms with van der Waals surface area (Å²) >= 11 is 0. The van der Waals surface area contributed by atoms with Gasteiger partial charge in [0.05, 0.1) is 30.3 Å². The van der Waals surface area contributed by atoms with Crippen LogP contribution >= 0.6 is 0 Å². The van der Waals surface area contributed by atoms with Gasteiger partial charge in [0.2, 0.25) is 10.0 Å². The Kier molecular flexibility index (Phi) is 4.55. The highest BCUT2D eigenvalue weighted by Gasteiger charge is 2.32. The van der Waals surface area contributed by atoms with Gasteiger partial charge in [-0.25, -0.2) is 13.1 Å². The number of hydrogen-bond donors (Lipinski definition) is 1. The van der Waals surface area contributed by atoms with Crippen LogP contribution in [0.5, 0.6) is 11.5 Å². The van der Waals surface area contributed by atoms with Crippen LogP contribution in [-0.4, -0.2) is 38.0 Å². The first-order valence-electron chi connectivity index (χ1n) is 10.1. The first-order valence-corrected chi connectivity index (χ1v) is 11.6. The predicted octanol–water partition coefficient (Wildman–Crippen LogP) is 2.78. The molecule has 0 spiro atoms. The summed E-state index contributed by atoms with van der Waals surface area (Å²) in [5.74, 6) is 2.28. The van der Waals surface area contributed by atoms with Crippen LogP contribution in [0.25, 0.3) is 0 Å². The molecule has 0 radical (unpaired) electrons. The highest BCUT2D eigenvalue weighted by atomic mass is 32.2. The molecule has 1 aromatic carbocycles. The van der Waals surface area contributed by atoms with Crippen LogP contribution in [0.3, 0.4) is 0 Å². The number of fused-ring (bicyclic) bond motifs is 1. The van der Waals surface area contributed by atoms with E-state index in [0.717, 1.165) is 6.42 Å². The number of nitrogens with one attached hydrogen (secondary N) is 1. The number of nitrogens with zero attached hydrogens (tertiary/aromatic N) is 2. The Hall–Kier alpha value is -2.06. The quantitative estimate of drug-likeness (QED) is 0.769. The number of aromatic nitrogens is 2. The SMILES string of the molecule is O=S(=O)(NCCn1nc(C2CC2)cc1C1CC1)c1ccc2c(c1)OCCCO2. The molecule has 2 aliphatic carbocycles. The van der Waals surface area contributed by atoms with Gasteiger partial charge < -0.3 is 9.47 Å². The Balaban J connectivity index is 1.27. The van der Waals surface area contributed by atoms with Gasteiger partial charge >= 0.3 is 0 Å². The molecule has 7 nitrogen and oxygen atoms in total. The van der Waals surface area contributed by atoms with Crippen molar-refractivity contribution < 1.29 is 17.9 Å². The molecule has 1 N–H and O–H groups in total. The Morgan fingerprint density at radius 1 is 1.04 bits per heavy atom. The van der Waals surface area contributed by atoms with E-state index in [9.17, 15) is 8.42 Å². The molecular formula is C20H25N3O4S. The maximum absolute atomic E-state index is 12.7. The first-order chi connectivity index (χ1) is 13.6. The van der Waals surface area contributed by atoms with Crippen molar-refractivity contribution in [1.29, 1.82) is 0 Å². The number of sulfonamides is 1. The summed E-state index contributed by atoms with van der Waals surface area (Å²) in [5.41, 5.74) is 2.43. The minimum Gasteiger partial charge on any atom is -0.490 e. The Morgan fingerprint density at radius 3 is 2.54 bits per heavy atom. The lowest BCUT2D eigenvalue weighted by molar-refractivity contribution is 0.297. The molecule has 8 heteroatoms. The monoisotopic (exact) mass is 403 g/mol. The van der Waals surface area contributed by atoms with Crippen molar-refractivity contribution in [1.82, 2.24) is 14.5 Å². The molecule has 0 unspecified atom stereocenters. The molecular weight excluding hydrogens is 378 g/mol. The summed E-state index contributed by atoms with van der Waals surface area (Å²) in [7, 11) is -3.62. The molecule has 5 rings (SSSR count). The van der Waals surface area contributed by atoms with E-state index in [1.807, 2.05) is 4.68 Å². The van der Waals surface area contributed by atoms with E-state index < -0.39 is 10.0 Å². The Bertz CT molecular complexity index is 977. The van der Waals surface area contributed by atoms with Crippen LogP contribution < -0.4 is 14.2 Å². The van der Waals surface area contributed by atoms with E-state index >= 15 is 0 Å². The topological polar surface area (TPSA) is 82.5 Å². The average Bonchev–Trinajstić information content (AvgIpc) is 3.59. The van der Waals surface area contributed by atoms with Crippen molar-refractivity contribution in [2.24, 2.45) is 0 Å². The van der Waals surface area contributed by atoms with Crippen molar-refractivity contribution in [2.75, 3.05) is 19.8 Å². The highest BCUT2D eigenvalue weighted by molar-refractivity contribution is 7.89. The van der Waals surface area contributed by atoms with Crippen LogP contribution in [0.15, 0.2) is 29.2 Å². The maximum Gasteiger partial charge on any atom is 0.240 e. The van der Waals surface area contributed by atoms with Crippen molar-refractivity contribution in [2.45, 2.75) is 55.4 Å². The summed E-state index contributed by atoms with van der Waals surface area (Å²) < 4.78 is 41.3. The number of rotatable bonds is 7. The lowest BCUT2D eigenvalue weighted by Crippen LogP contribution is -2.28. The van der Waals surface area contributed by atoms with E-state index in [-0.39, 0.29) is 4.90 Å². The van der Waals surface area contributed by atoms with E-state index in [1.165, 1.54) is 43.1 Å². The number of ether oxygens (including phenoxy) is 2. The van der Waals surface area contributed by atoms with E-state index in [2.05, 4.69) is 10.8 Å². The number of hydrogen-bond acceptors (Lipinski definition) is 5. The summed E-state index contributed by atoms with van der Waals surface area (Å²) in [6.07, 6.45) is 5.64. The molecule has 0 saturated heterocycles. The molecule has 0 amide bonds. The first kappa shape index (κ1) is 18.0. The molecule has 1 aromatic heterocycles. The van der Waals surface area contributed by atoms with Crippen LogP contribution in [0.1, 0.15) is 55.3 Å². The van der Waals surface area contributed by atoms with Crippen LogP contribution in [0, 0.1) is 0 Å². The summed E-state index contributed by atoms with van der Waals surface area (Å²) in [6.45, 7) is 1.95. The largest absolute Gasteiger partial charge is 0.490 e. The molecule has 2 fully saturated rings. The molecule has 3 aliphatic rings. The smallest absolute Gasteiger partial charge is 0.240 e. The minimum atomic E-state index is -3.62. The summed E-state index contributed by atoms with van der Waals surface area (Å²) in [6, 6.07) is 6.99. The zero-order chi connectivity index (χ0) is 19.1. The molecule has 0 atom stereocenters. The lowest BCUT2D eigenvalue weighted by atomic mass is 10.2. The third kappa shape index (κ3) is 3.75. The minimum absolute atomic E-state index is 0.193. The molecule has 2 heterocycles. The van der Waals surface area contributed by atoms with Gasteiger partial charge in [-0.05, 0) is 43.9 Å². The molecule has 0 bridgehead atoms. The normalized spacial score (nSPS) is 19.4. The molecule has 2 saturated carbocycles. The fourth-order valence-corrected chi connectivity index (χ4v) is 4.63. The van der Waals surface area contributed by atoms with E-state index in [0.29, 0.717) is 49.6 Å². The molecule has 1 aliphatic heterocycles. The van der Waals surface area contributed by atoms with Crippen LogP contribution in [0.4, 0.5) is 0 Å². The second kappa shape index (κ2) is 7.08. The summed E-state index contributed by atoms with van der Waals surface area (Å²) in [4.78, 5) is 0.193. The lowest BCUT2D eigenvalue weighted by Gasteiger charge is -2.11. The Morgan fingerprint density at radius 2 is 1.79 bits per heavy atom. The third-order valence-corrected chi connectivity index (χ3v) is 6.92. The Labute approximate surface area is 165 Å². The second-order valence-electron chi connectivity index (χ2n) is 7.82. The van der Waals surface area contributed by atoms with Crippen molar-refractivity contribution >= 4 is 10.0 Å². The van der Waals surface area contributed by atoms with Crippen molar-refractivity contribution in [3.63, 3.8) is 0 Å². The maximum atomic E-state index is 12.7. The average molecular weight is 404 g/mol. The summed E-state index contributed by atoms with van der Waals surface area (Å²) in [5, 5.41) is 4.74. The van der Waals surface area contributed by atoms with Crippen molar-refractivity contribution in [3.8, 4) is 11.5 Å². The van der Waals surface area contributed by atoms with Gasteiger partial charge in [-0.15, -0.1) is 0 Å². The van der Waals surface area contributed by atoms with Crippen LogP contribution in [0.2, 0.25) is 0 Å². The zero-order valence-electron chi connectivity index (χ0n) is 15.8. The van der Waals surface area contributed by atoms with Crippen molar-refractivity contribution in [3.05, 3.63) is 35.7 Å². The standard InChI is InChI=1S/C20H25N3O4S/c24-28(25,16-6-7-19-20(12-16)27-11-1-10-26-19)21-8-9-23-18(15-4-5-15)13-17(22-23)14-2-3-14/h6-7,12-15,21H,1-5,8-11H2. The second-order valence-corrected chi connectivity index (χ2v) is 9.59. The number of benzene rings is 1. The van der Waals surface area contributed by atoms with Gasteiger partial charge in [0, 0.05) is 36.6 Å². The van der Waals surface area contributed by atoms with Gasteiger partial charge in [-0.3, -0.25) is 4.68 Å². The van der Waals surface area contributed by atoms with Gasteiger partial charge in [-0.2, -0.15) is 5.10 Å². The predicted molar refractivity (Wildman–Crippen MR) is 103 cm³/mol. The highest BCUT2D eigenvalue weighted by Crippen LogP contribution is 2.44. The molecule has 150 valence electrons. The zero-order valence-corrected chi connectivity index (χ0v) is 16.6. The van der Waals surface area contributed by atoms with E-state index in [4.69, 9.17) is 14.6 Å². The van der Waals surface area contributed by atoms with Crippen LogP contribution in [-0.2, 0) is 16.6 Å². The molecule has 2 aromatic rings. The van der Waals surface area contributed by atoms with Gasteiger partial charge in [0.15, 0.2) is 11.5 Å². The van der Waals surface area contributed by atoms with Gasteiger partial charge in [0.25, 0.3) is 0 Å². The fraction of sp³-hybridized carbons (Fsp3) is 0.550. The third-order valence-electron chi connectivity index (χ3n) is 5.47. The van der Waals surface area contributed by atoms with Gasteiger partial charge in [-0.1, -0.05) is 0 Å². The molecule has 28 heavy (non-hydrogen) atoms. The fourth-order valence-electron chi connectivity index (χ4n) is 3.60. The van der Waals surface area contributed by atoms with E-state index in [1.54, 1.807) is 12.1 Å².